The van der Waals surface area contributed by atoms with E-state index in [4.69, 9.17) is 9.15 Å². The maximum absolute atomic E-state index is 5.82. The highest BCUT2D eigenvalue weighted by atomic mass is 32.2. The van der Waals surface area contributed by atoms with Crippen LogP contribution < -0.4 is 4.74 Å². The highest BCUT2D eigenvalue weighted by molar-refractivity contribution is 7.99. The van der Waals surface area contributed by atoms with Crippen LogP contribution in [-0.2, 0) is 6.54 Å². The van der Waals surface area contributed by atoms with Crippen molar-refractivity contribution in [1.82, 2.24) is 14.8 Å². The first-order chi connectivity index (χ1) is 11.7. The van der Waals surface area contributed by atoms with Crippen LogP contribution in [0.15, 0.2) is 46.2 Å². The molecule has 1 aromatic carbocycles. The van der Waals surface area contributed by atoms with Crippen LogP contribution in [0.4, 0.5) is 0 Å². The van der Waals surface area contributed by atoms with Gasteiger partial charge in [0.05, 0.1) is 12.9 Å². The molecule has 5 nitrogen and oxygen atoms in total. The maximum Gasteiger partial charge on any atom is 0.200 e. The van der Waals surface area contributed by atoms with Crippen molar-refractivity contribution in [3.63, 3.8) is 0 Å². The lowest BCUT2D eigenvalue weighted by Gasteiger charge is -2.09. The third-order valence-electron chi connectivity index (χ3n) is 3.84. The number of rotatable bonds is 7. The Bertz CT molecular complexity index is 797. The summed E-state index contributed by atoms with van der Waals surface area (Å²) in [5.41, 5.74) is 2.52. The van der Waals surface area contributed by atoms with Crippen LogP contribution in [0.25, 0.3) is 11.6 Å². The lowest BCUT2D eigenvalue weighted by atomic mass is 10.1. The van der Waals surface area contributed by atoms with Crippen molar-refractivity contribution in [1.29, 1.82) is 0 Å². The number of nitrogens with zero attached hydrogens (tertiary/aromatic N) is 3. The van der Waals surface area contributed by atoms with Crippen molar-refractivity contribution < 1.29 is 9.15 Å². The van der Waals surface area contributed by atoms with Gasteiger partial charge in [-0.25, -0.2) is 0 Å². The molecule has 0 saturated heterocycles. The Labute approximate surface area is 146 Å². The zero-order valence-corrected chi connectivity index (χ0v) is 15.0. The number of hydrogen-bond donors (Lipinski definition) is 0. The molecule has 3 rings (SSSR count). The van der Waals surface area contributed by atoms with Gasteiger partial charge >= 0.3 is 0 Å². The second-order valence-electron chi connectivity index (χ2n) is 5.47. The molecule has 2 aromatic heterocycles. The zero-order chi connectivity index (χ0) is 16.9. The Morgan fingerprint density at radius 3 is 2.75 bits per heavy atom. The van der Waals surface area contributed by atoms with Gasteiger partial charge in [0.25, 0.3) is 0 Å². The molecule has 0 radical (unpaired) electrons. The van der Waals surface area contributed by atoms with E-state index in [0.717, 1.165) is 34.8 Å². The summed E-state index contributed by atoms with van der Waals surface area (Å²) >= 11 is 1.64. The Kier molecular flexibility index (Phi) is 5.25. The van der Waals surface area contributed by atoms with Crippen molar-refractivity contribution in [2.24, 2.45) is 0 Å². The average Bonchev–Trinajstić information content (AvgIpc) is 3.23. The highest BCUT2D eigenvalue weighted by Crippen LogP contribution is 2.24. The van der Waals surface area contributed by atoms with Gasteiger partial charge < -0.3 is 9.15 Å². The number of thioether (sulfide) groups is 1. The number of furan rings is 1. The van der Waals surface area contributed by atoms with E-state index in [1.165, 1.54) is 11.1 Å². The molecule has 0 aliphatic carbocycles. The Morgan fingerprint density at radius 1 is 1.17 bits per heavy atom. The number of hydrogen-bond acceptors (Lipinski definition) is 5. The smallest absolute Gasteiger partial charge is 0.200 e. The zero-order valence-electron chi connectivity index (χ0n) is 14.2. The molecule has 3 aromatic rings. The molecule has 0 saturated carbocycles. The van der Waals surface area contributed by atoms with Crippen LogP contribution >= 0.6 is 11.8 Å². The van der Waals surface area contributed by atoms with Gasteiger partial charge in [-0.3, -0.25) is 4.57 Å². The van der Waals surface area contributed by atoms with Gasteiger partial charge in [0, 0.05) is 12.3 Å². The topological polar surface area (TPSA) is 53.1 Å². The normalized spacial score (nSPS) is 11.0. The van der Waals surface area contributed by atoms with E-state index in [9.17, 15) is 0 Å². The van der Waals surface area contributed by atoms with E-state index in [1.54, 1.807) is 18.0 Å². The fourth-order valence-electron chi connectivity index (χ4n) is 2.36. The first kappa shape index (κ1) is 16.6. The number of aromatic nitrogens is 3. The summed E-state index contributed by atoms with van der Waals surface area (Å²) in [6, 6.07) is 9.92. The van der Waals surface area contributed by atoms with E-state index in [-0.39, 0.29) is 0 Å². The molecule has 0 bridgehead atoms. The fourth-order valence-corrected chi connectivity index (χ4v) is 3.18. The summed E-state index contributed by atoms with van der Waals surface area (Å²) in [5.74, 6) is 3.22. The van der Waals surface area contributed by atoms with Crippen LogP contribution in [-0.4, -0.2) is 27.1 Å². The molecule has 0 aliphatic rings. The van der Waals surface area contributed by atoms with Crippen LogP contribution in [0, 0.1) is 13.8 Å². The van der Waals surface area contributed by atoms with Gasteiger partial charge in [-0.1, -0.05) is 17.8 Å². The minimum atomic E-state index is 0.625. The third-order valence-corrected chi connectivity index (χ3v) is 4.77. The van der Waals surface area contributed by atoms with E-state index in [0.29, 0.717) is 6.61 Å². The summed E-state index contributed by atoms with van der Waals surface area (Å²) in [6.45, 7) is 7.69. The van der Waals surface area contributed by atoms with Gasteiger partial charge in [0.2, 0.25) is 0 Å². The minimum Gasteiger partial charge on any atom is -0.493 e. The molecule has 0 spiro atoms. The molecule has 2 heterocycles. The number of aryl methyl sites for hydroxylation is 2. The van der Waals surface area contributed by atoms with Crippen LogP contribution in [0.3, 0.4) is 0 Å². The molecular formula is C18H21N3O2S. The van der Waals surface area contributed by atoms with Crippen LogP contribution in [0.2, 0.25) is 0 Å². The summed E-state index contributed by atoms with van der Waals surface area (Å²) in [5, 5.41) is 9.40. The van der Waals surface area contributed by atoms with Gasteiger partial charge in [-0.05, 0) is 56.2 Å². The molecule has 0 amide bonds. The summed E-state index contributed by atoms with van der Waals surface area (Å²) in [7, 11) is 0. The van der Waals surface area contributed by atoms with E-state index < -0.39 is 0 Å². The SMILES string of the molecule is CCn1c(SCCOc2ccc(C)c(C)c2)nnc1-c1ccco1. The highest BCUT2D eigenvalue weighted by Gasteiger charge is 2.14. The van der Waals surface area contributed by atoms with E-state index in [1.807, 2.05) is 18.2 Å². The van der Waals surface area contributed by atoms with Crippen molar-refractivity contribution in [3.05, 3.63) is 47.7 Å². The Hall–Kier alpha value is -2.21. The second kappa shape index (κ2) is 7.57. The average molecular weight is 343 g/mol. The summed E-state index contributed by atoms with van der Waals surface area (Å²) < 4.78 is 13.3. The predicted molar refractivity (Wildman–Crippen MR) is 95.5 cm³/mol. The maximum atomic E-state index is 5.82. The molecule has 6 heteroatoms. The number of benzene rings is 1. The summed E-state index contributed by atoms with van der Waals surface area (Å²) in [4.78, 5) is 0. The number of ether oxygens (including phenoxy) is 1. The van der Waals surface area contributed by atoms with Crippen LogP contribution in [0.1, 0.15) is 18.1 Å². The fraction of sp³-hybridized carbons (Fsp3) is 0.333. The molecule has 0 unspecified atom stereocenters. The molecule has 0 N–H and O–H groups in total. The molecule has 0 fully saturated rings. The van der Waals surface area contributed by atoms with Gasteiger partial charge in [-0.15, -0.1) is 10.2 Å². The molecule has 0 aliphatic heterocycles. The first-order valence-electron chi connectivity index (χ1n) is 7.99. The lowest BCUT2D eigenvalue weighted by molar-refractivity contribution is 0.343. The van der Waals surface area contributed by atoms with Crippen molar-refractivity contribution in [2.75, 3.05) is 12.4 Å². The van der Waals surface area contributed by atoms with Crippen molar-refractivity contribution >= 4 is 11.8 Å². The van der Waals surface area contributed by atoms with Crippen LogP contribution in [0.5, 0.6) is 5.75 Å². The predicted octanol–water partition coefficient (Wildman–Crippen LogP) is 4.35. The first-order valence-corrected chi connectivity index (χ1v) is 8.97. The Morgan fingerprint density at radius 2 is 2.04 bits per heavy atom. The van der Waals surface area contributed by atoms with E-state index in [2.05, 4.69) is 47.7 Å². The van der Waals surface area contributed by atoms with Crippen molar-refractivity contribution in [2.45, 2.75) is 32.5 Å². The molecule has 0 atom stereocenters. The Balaban J connectivity index is 1.58. The minimum absolute atomic E-state index is 0.625. The third kappa shape index (κ3) is 3.64. The lowest BCUT2D eigenvalue weighted by Crippen LogP contribution is -2.03. The monoisotopic (exact) mass is 343 g/mol. The molecule has 126 valence electrons. The van der Waals surface area contributed by atoms with Gasteiger partial charge in [0.1, 0.15) is 5.75 Å². The second-order valence-corrected chi connectivity index (χ2v) is 6.53. The van der Waals surface area contributed by atoms with Gasteiger partial charge in [-0.2, -0.15) is 0 Å². The molecular weight excluding hydrogens is 322 g/mol. The quantitative estimate of drug-likeness (QED) is 0.472. The standard InChI is InChI=1S/C18H21N3O2S/c1-4-21-17(16-6-5-9-23-16)19-20-18(21)24-11-10-22-15-8-7-13(2)14(3)12-15/h5-9,12H,4,10-11H2,1-3H3. The molecule has 24 heavy (non-hydrogen) atoms. The summed E-state index contributed by atoms with van der Waals surface area (Å²) in [6.07, 6.45) is 1.65. The van der Waals surface area contributed by atoms with Gasteiger partial charge in [0.15, 0.2) is 16.7 Å². The largest absolute Gasteiger partial charge is 0.493 e. The van der Waals surface area contributed by atoms with E-state index >= 15 is 0 Å². The van der Waals surface area contributed by atoms with Crippen molar-refractivity contribution in [3.8, 4) is 17.3 Å².